The van der Waals surface area contributed by atoms with Gasteiger partial charge in [-0.2, -0.15) is 0 Å². The molecule has 6 heteroatoms. The molecule has 3 rings (SSSR count). The van der Waals surface area contributed by atoms with Gasteiger partial charge in [0.25, 0.3) is 0 Å². The van der Waals surface area contributed by atoms with E-state index in [2.05, 4.69) is 24.5 Å². The van der Waals surface area contributed by atoms with E-state index in [1.165, 1.54) is 5.56 Å². The van der Waals surface area contributed by atoms with Crippen LogP contribution in [0.4, 0.5) is 16.2 Å². The molecule has 0 bridgehead atoms. The molecule has 0 spiro atoms. The minimum Gasteiger partial charge on any atom is -0.333 e. The highest BCUT2D eigenvalue weighted by Crippen LogP contribution is 2.23. The Kier molecular flexibility index (Phi) is 5.47. The van der Waals surface area contributed by atoms with Gasteiger partial charge in [-0.15, -0.1) is 0 Å². The average Bonchev–Trinajstić information content (AvgIpc) is 2.96. The van der Waals surface area contributed by atoms with Gasteiger partial charge < -0.3 is 15.5 Å². The third kappa shape index (κ3) is 4.35. The van der Waals surface area contributed by atoms with Crippen LogP contribution in [0.1, 0.15) is 31.7 Å². The van der Waals surface area contributed by atoms with E-state index in [1.54, 1.807) is 29.2 Å². The highest BCUT2D eigenvalue weighted by molar-refractivity contribution is 6.30. The zero-order valence-corrected chi connectivity index (χ0v) is 15.6. The van der Waals surface area contributed by atoms with Crippen LogP contribution in [0.15, 0.2) is 48.5 Å². The van der Waals surface area contributed by atoms with Crippen molar-refractivity contribution in [3.63, 3.8) is 0 Å². The van der Waals surface area contributed by atoms with E-state index in [0.717, 1.165) is 11.4 Å². The van der Waals surface area contributed by atoms with E-state index in [9.17, 15) is 9.59 Å². The number of urea groups is 1. The van der Waals surface area contributed by atoms with Gasteiger partial charge in [-0.1, -0.05) is 37.6 Å². The Morgan fingerprint density at radius 3 is 2.38 bits per heavy atom. The van der Waals surface area contributed by atoms with Crippen molar-refractivity contribution in [2.24, 2.45) is 0 Å². The van der Waals surface area contributed by atoms with Crippen molar-refractivity contribution in [2.45, 2.75) is 32.2 Å². The van der Waals surface area contributed by atoms with Gasteiger partial charge in [0.2, 0.25) is 5.91 Å². The summed E-state index contributed by atoms with van der Waals surface area (Å²) in [4.78, 5) is 26.1. The first-order valence-corrected chi connectivity index (χ1v) is 9.03. The average molecular weight is 372 g/mol. The normalized spacial score (nSPS) is 16.8. The van der Waals surface area contributed by atoms with E-state index < -0.39 is 0 Å². The molecule has 2 N–H and O–H groups in total. The van der Waals surface area contributed by atoms with Crippen LogP contribution in [0.5, 0.6) is 0 Å². The van der Waals surface area contributed by atoms with Crippen molar-refractivity contribution in [3.8, 4) is 0 Å². The van der Waals surface area contributed by atoms with Crippen LogP contribution in [0.3, 0.4) is 0 Å². The third-order valence-corrected chi connectivity index (χ3v) is 4.69. The lowest BCUT2D eigenvalue weighted by Gasteiger charge is -2.17. The lowest BCUT2D eigenvalue weighted by molar-refractivity contribution is -0.117. The van der Waals surface area contributed by atoms with Gasteiger partial charge in [0.15, 0.2) is 0 Å². The molecule has 1 atom stereocenters. The number of anilines is 2. The second-order valence-electron chi connectivity index (χ2n) is 6.76. The van der Waals surface area contributed by atoms with E-state index >= 15 is 0 Å². The molecule has 1 aliphatic rings. The van der Waals surface area contributed by atoms with Crippen molar-refractivity contribution in [2.75, 3.05) is 16.8 Å². The monoisotopic (exact) mass is 371 g/mol. The molecule has 0 aliphatic carbocycles. The maximum atomic E-state index is 12.2. The summed E-state index contributed by atoms with van der Waals surface area (Å²) in [6.07, 6.45) is 0.280. The minimum absolute atomic E-state index is 0.0149. The van der Waals surface area contributed by atoms with Crippen LogP contribution in [0.2, 0.25) is 5.02 Å². The number of benzene rings is 2. The number of carbonyl (C=O) groups excluding carboxylic acids is 2. The van der Waals surface area contributed by atoms with Crippen LogP contribution in [0.25, 0.3) is 0 Å². The van der Waals surface area contributed by atoms with Gasteiger partial charge in [-0.05, 0) is 47.9 Å². The summed E-state index contributed by atoms with van der Waals surface area (Å²) in [7, 11) is 0. The topological polar surface area (TPSA) is 61.4 Å². The van der Waals surface area contributed by atoms with E-state index in [0.29, 0.717) is 17.5 Å². The first-order valence-electron chi connectivity index (χ1n) is 8.66. The second-order valence-corrected chi connectivity index (χ2v) is 7.19. The van der Waals surface area contributed by atoms with Crippen LogP contribution >= 0.6 is 11.6 Å². The zero-order chi connectivity index (χ0) is 18.7. The standard InChI is InChI=1S/C20H22ClN3O2/c1-13(2)14-3-7-16(8-4-14)22-20(26)23-17-11-19(25)24(12-17)18-9-5-15(21)6-10-18/h3-10,13,17H,11-12H2,1-2H3,(H2,22,23,26)/t17-/m0/s1. The number of hydrogen-bond acceptors (Lipinski definition) is 2. The maximum Gasteiger partial charge on any atom is 0.319 e. The molecule has 0 unspecified atom stereocenters. The molecule has 0 aromatic heterocycles. The van der Waals surface area contributed by atoms with Crippen LogP contribution < -0.4 is 15.5 Å². The minimum atomic E-state index is -0.307. The zero-order valence-electron chi connectivity index (χ0n) is 14.8. The van der Waals surface area contributed by atoms with Crippen molar-refractivity contribution in [3.05, 3.63) is 59.1 Å². The number of hydrogen-bond donors (Lipinski definition) is 2. The molecule has 1 saturated heterocycles. The summed E-state index contributed by atoms with van der Waals surface area (Å²) < 4.78 is 0. The number of nitrogens with one attached hydrogen (secondary N) is 2. The first kappa shape index (κ1) is 18.3. The maximum absolute atomic E-state index is 12.2. The quantitative estimate of drug-likeness (QED) is 0.837. The Bertz CT molecular complexity index is 788. The van der Waals surface area contributed by atoms with Crippen molar-refractivity contribution >= 4 is 34.9 Å². The van der Waals surface area contributed by atoms with Gasteiger partial charge >= 0.3 is 6.03 Å². The Labute approximate surface area is 158 Å². The number of halogens is 1. The predicted molar refractivity (Wildman–Crippen MR) is 105 cm³/mol. The Hall–Kier alpha value is -2.53. The second kappa shape index (κ2) is 7.79. The van der Waals surface area contributed by atoms with Crippen molar-refractivity contribution < 1.29 is 9.59 Å². The molecule has 1 fully saturated rings. The molecule has 0 radical (unpaired) electrons. The first-order chi connectivity index (χ1) is 12.4. The lowest BCUT2D eigenvalue weighted by atomic mass is 10.0. The Morgan fingerprint density at radius 2 is 1.77 bits per heavy atom. The van der Waals surface area contributed by atoms with Crippen molar-refractivity contribution in [1.29, 1.82) is 0 Å². The van der Waals surface area contributed by atoms with Crippen LogP contribution in [-0.2, 0) is 4.79 Å². The number of carbonyl (C=O) groups is 2. The molecule has 0 saturated carbocycles. The fourth-order valence-corrected chi connectivity index (χ4v) is 3.10. The Balaban J connectivity index is 1.56. The Morgan fingerprint density at radius 1 is 1.12 bits per heavy atom. The lowest BCUT2D eigenvalue weighted by Crippen LogP contribution is -2.39. The largest absolute Gasteiger partial charge is 0.333 e. The summed E-state index contributed by atoms with van der Waals surface area (Å²) in [5, 5.41) is 6.31. The van der Waals surface area contributed by atoms with Gasteiger partial charge in [0, 0.05) is 29.4 Å². The number of amides is 3. The third-order valence-electron chi connectivity index (χ3n) is 4.43. The molecular weight excluding hydrogens is 350 g/mol. The molecule has 2 aromatic rings. The molecule has 136 valence electrons. The number of nitrogens with zero attached hydrogens (tertiary/aromatic N) is 1. The van der Waals surface area contributed by atoms with Gasteiger partial charge in [-0.3, -0.25) is 4.79 Å². The van der Waals surface area contributed by atoms with Gasteiger partial charge in [0.05, 0.1) is 6.04 Å². The fraction of sp³-hybridized carbons (Fsp3) is 0.300. The molecule has 2 aromatic carbocycles. The molecule has 5 nitrogen and oxygen atoms in total. The van der Waals surface area contributed by atoms with Gasteiger partial charge in [0.1, 0.15) is 0 Å². The van der Waals surface area contributed by atoms with Crippen LogP contribution in [-0.4, -0.2) is 24.5 Å². The molecular formula is C20H22ClN3O2. The summed E-state index contributed by atoms with van der Waals surface area (Å²) >= 11 is 5.89. The fourth-order valence-electron chi connectivity index (χ4n) is 2.98. The van der Waals surface area contributed by atoms with Crippen molar-refractivity contribution in [1.82, 2.24) is 5.32 Å². The molecule has 3 amide bonds. The SMILES string of the molecule is CC(C)c1ccc(NC(=O)N[C@H]2CC(=O)N(c3ccc(Cl)cc3)C2)cc1. The summed E-state index contributed by atoms with van der Waals surface area (Å²) in [5.41, 5.74) is 2.73. The van der Waals surface area contributed by atoms with E-state index in [-0.39, 0.29) is 24.4 Å². The summed E-state index contributed by atoms with van der Waals surface area (Å²) in [6, 6.07) is 14.3. The van der Waals surface area contributed by atoms with Crippen LogP contribution in [0, 0.1) is 0 Å². The molecule has 26 heavy (non-hydrogen) atoms. The number of rotatable bonds is 4. The van der Waals surface area contributed by atoms with E-state index in [1.807, 2.05) is 24.3 Å². The summed E-state index contributed by atoms with van der Waals surface area (Å²) in [6.45, 7) is 4.69. The smallest absolute Gasteiger partial charge is 0.319 e. The highest BCUT2D eigenvalue weighted by atomic mass is 35.5. The summed E-state index contributed by atoms with van der Waals surface area (Å²) in [5.74, 6) is 0.431. The predicted octanol–water partition coefficient (Wildman–Crippen LogP) is 4.39. The van der Waals surface area contributed by atoms with Gasteiger partial charge in [-0.25, -0.2) is 4.79 Å². The van der Waals surface area contributed by atoms with E-state index in [4.69, 9.17) is 11.6 Å². The highest BCUT2D eigenvalue weighted by Gasteiger charge is 2.31. The molecule has 1 heterocycles. The molecule has 1 aliphatic heterocycles.